The average molecular weight is 479 g/mol. The van der Waals surface area contributed by atoms with Crippen LogP contribution in [0.4, 0.5) is 11.4 Å². The van der Waals surface area contributed by atoms with Gasteiger partial charge in [0.25, 0.3) is 0 Å². The van der Waals surface area contributed by atoms with Crippen LogP contribution in [0.2, 0.25) is 5.02 Å². The normalized spacial score (nSPS) is 10.7. The van der Waals surface area contributed by atoms with Crippen molar-refractivity contribution in [1.29, 1.82) is 0 Å². The minimum absolute atomic E-state index is 0.131. The number of ether oxygens (including phenoxy) is 3. The third-order valence-corrected chi connectivity index (χ3v) is 5.51. The van der Waals surface area contributed by atoms with Crippen molar-refractivity contribution in [1.82, 2.24) is 4.57 Å². The van der Waals surface area contributed by atoms with Gasteiger partial charge < -0.3 is 24.1 Å². The molecule has 34 heavy (non-hydrogen) atoms. The fourth-order valence-electron chi connectivity index (χ4n) is 3.61. The Bertz CT molecular complexity index is 1350. The lowest BCUT2D eigenvalue weighted by atomic mass is 10.1. The van der Waals surface area contributed by atoms with Gasteiger partial charge in [-0.1, -0.05) is 23.7 Å². The number of aromatic nitrogens is 1. The Morgan fingerprint density at radius 2 is 1.82 bits per heavy atom. The second-order valence-electron chi connectivity index (χ2n) is 7.54. The van der Waals surface area contributed by atoms with Gasteiger partial charge in [0.15, 0.2) is 6.61 Å². The van der Waals surface area contributed by atoms with Gasteiger partial charge in [0, 0.05) is 34.4 Å². The van der Waals surface area contributed by atoms with Gasteiger partial charge in [-0.05, 0) is 60.2 Å². The summed E-state index contributed by atoms with van der Waals surface area (Å²) in [4.78, 5) is 23.4. The van der Waals surface area contributed by atoms with Gasteiger partial charge in [-0.25, -0.2) is 9.59 Å². The van der Waals surface area contributed by atoms with Gasteiger partial charge in [0.1, 0.15) is 5.75 Å². The molecule has 0 atom stereocenters. The first-order valence-corrected chi connectivity index (χ1v) is 10.9. The SMILES string of the molecule is COC(=O)COc1cccc(Cn2ccc3cc(Nc4ccc(Cl)cc4C(=O)OC)ccc32)c1. The second-order valence-corrected chi connectivity index (χ2v) is 7.97. The maximum atomic E-state index is 12.1. The summed E-state index contributed by atoms with van der Waals surface area (Å²) < 4.78 is 17.1. The molecule has 4 rings (SSSR count). The molecule has 174 valence electrons. The zero-order valence-electron chi connectivity index (χ0n) is 18.7. The highest BCUT2D eigenvalue weighted by Crippen LogP contribution is 2.28. The Kier molecular flexibility index (Phi) is 7.04. The molecule has 0 saturated heterocycles. The topological polar surface area (TPSA) is 78.8 Å². The van der Waals surface area contributed by atoms with Crippen molar-refractivity contribution in [3.05, 3.63) is 89.1 Å². The van der Waals surface area contributed by atoms with E-state index in [1.165, 1.54) is 14.2 Å². The molecular weight excluding hydrogens is 456 g/mol. The van der Waals surface area contributed by atoms with E-state index in [4.69, 9.17) is 21.1 Å². The quantitative estimate of drug-likeness (QED) is 0.340. The van der Waals surface area contributed by atoms with Gasteiger partial charge in [-0.15, -0.1) is 0 Å². The van der Waals surface area contributed by atoms with Crippen LogP contribution < -0.4 is 10.1 Å². The van der Waals surface area contributed by atoms with E-state index in [9.17, 15) is 9.59 Å². The van der Waals surface area contributed by atoms with Crippen molar-refractivity contribution in [3.63, 3.8) is 0 Å². The Balaban J connectivity index is 1.53. The summed E-state index contributed by atoms with van der Waals surface area (Å²) in [6, 6.07) is 20.6. The Labute approximate surface area is 201 Å². The molecule has 0 fully saturated rings. The molecule has 0 spiro atoms. The molecule has 8 heteroatoms. The number of hydrogen-bond acceptors (Lipinski definition) is 6. The minimum Gasteiger partial charge on any atom is -0.482 e. The highest BCUT2D eigenvalue weighted by Gasteiger charge is 2.13. The number of nitrogens with zero attached hydrogens (tertiary/aromatic N) is 1. The van der Waals surface area contributed by atoms with Crippen molar-refractivity contribution in [2.75, 3.05) is 26.1 Å². The molecule has 1 N–H and O–H groups in total. The molecule has 0 amide bonds. The van der Waals surface area contributed by atoms with Gasteiger partial charge >= 0.3 is 11.9 Å². The maximum Gasteiger partial charge on any atom is 0.343 e. The van der Waals surface area contributed by atoms with Crippen LogP contribution in [0.1, 0.15) is 15.9 Å². The lowest BCUT2D eigenvalue weighted by Gasteiger charge is -2.12. The molecule has 0 aliphatic carbocycles. The number of rotatable bonds is 8. The summed E-state index contributed by atoms with van der Waals surface area (Å²) >= 11 is 6.05. The first-order valence-electron chi connectivity index (χ1n) is 10.5. The average Bonchev–Trinajstić information content (AvgIpc) is 3.25. The van der Waals surface area contributed by atoms with Crippen LogP contribution in [0.5, 0.6) is 5.75 Å². The van der Waals surface area contributed by atoms with E-state index in [0.29, 0.717) is 28.6 Å². The van der Waals surface area contributed by atoms with Gasteiger partial charge in [-0.3, -0.25) is 0 Å². The standard InChI is InChI=1S/C26H23ClN2O5/c1-32-25(30)16-34-21-5-3-4-17(12-21)15-29-11-10-18-13-20(7-9-24(18)29)28-23-8-6-19(27)14-22(23)26(31)33-2/h3-14,28H,15-16H2,1-2H3. The predicted molar refractivity (Wildman–Crippen MR) is 131 cm³/mol. The molecule has 0 saturated carbocycles. The van der Waals surface area contributed by atoms with Gasteiger partial charge in [0.2, 0.25) is 0 Å². The first-order chi connectivity index (χ1) is 16.5. The van der Waals surface area contributed by atoms with E-state index in [-0.39, 0.29) is 6.61 Å². The number of methoxy groups -OCH3 is 2. The molecule has 0 aliphatic heterocycles. The molecule has 4 aromatic rings. The van der Waals surface area contributed by atoms with E-state index in [0.717, 1.165) is 22.2 Å². The third kappa shape index (κ3) is 5.32. The summed E-state index contributed by atoms with van der Waals surface area (Å²) in [5.74, 6) is -0.284. The molecule has 0 unspecified atom stereocenters. The lowest BCUT2D eigenvalue weighted by molar-refractivity contribution is -0.142. The van der Waals surface area contributed by atoms with Crippen LogP contribution in [-0.4, -0.2) is 37.3 Å². The van der Waals surface area contributed by atoms with E-state index >= 15 is 0 Å². The van der Waals surface area contributed by atoms with Crippen LogP contribution in [0.15, 0.2) is 72.9 Å². The van der Waals surface area contributed by atoms with Crippen LogP contribution in [0, 0.1) is 0 Å². The number of nitrogens with one attached hydrogen (secondary N) is 1. The summed E-state index contributed by atoms with van der Waals surface area (Å²) in [6.45, 7) is 0.503. The predicted octanol–water partition coefficient (Wildman–Crippen LogP) is 5.43. The maximum absolute atomic E-state index is 12.1. The van der Waals surface area contributed by atoms with Gasteiger partial charge in [0.05, 0.1) is 25.5 Å². The molecule has 1 aromatic heterocycles. The van der Waals surface area contributed by atoms with Crippen LogP contribution >= 0.6 is 11.6 Å². The van der Waals surface area contributed by atoms with Crippen LogP contribution in [0.25, 0.3) is 10.9 Å². The monoisotopic (exact) mass is 478 g/mol. The lowest BCUT2D eigenvalue weighted by Crippen LogP contribution is -2.12. The summed E-state index contributed by atoms with van der Waals surface area (Å²) in [6.07, 6.45) is 2.01. The number of fused-ring (bicyclic) bond motifs is 1. The zero-order chi connectivity index (χ0) is 24.1. The molecule has 0 bridgehead atoms. The molecule has 0 aliphatic rings. The molecule has 0 radical (unpaired) electrons. The van der Waals surface area contributed by atoms with Gasteiger partial charge in [-0.2, -0.15) is 0 Å². The van der Waals surface area contributed by atoms with Crippen molar-refractivity contribution in [2.45, 2.75) is 6.54 Å². The van der Waals surface area contributed by atoms with Crippen LogP contribution in [-0.2, 0) is 20.8 Å². The highest BCUT2D eigenvalue weighted by molar-refractivity contribution is 6.31. The van der Waals surface area contributed by atoms with Crippen molar-refractivity contribution in [3.8, 4) is 5.75 Å². The van der Waals surface area contributed by atoms with E-state index in [1.54, 1.807) is 24.3 Å². The fourth-order valence-corrected chi connectivity index (χ4v) is 3.78. The van der Waals surface area contributed by atoms with E-state index in [1.807, 2.05) is 48.7 Å². The Hall–Kier alpha value is -3.97. The first kappa shape index (κ1) is 23.2. The summed E-state index contributed by atoms with van der Waals surface area (Å²) in [5, 5.41) is 4.77. The third-order valence-electron chi connectivity index (χ3n) is 5.27. The Morgan fingerprint density at radius 3 is 2.62 bits per heavy atom. The number of carbonyl (C=O) groups is 2. The van der Waals surface area contributed by atoms with Crippen molar-refractivity contribution in [2.24, 2.45) is 0 Å². The number of carbonyl (C=O) groups excluding carboxylic acids is 2. The summed E-state index contributed by atoms with van der Waals surface area (Å²) in [7, 11) is 2.66. The van der Waals surface area contributed by atoms with Crippen molar-refractivity contribution >= 4 is 45.8 Å². The highest BCUT2D eigenvalue weighted by atomic mass is 35.5. The largest absolute Gasteiger partial charge is 0.482 e. The number of esters is 2. The molecular formula is C26H23ClN2O5. The molecule has 7 nitrogen and oxygen atoms in total. The second kappa shape index (κ2) is 10.3. The number of halogens is 1. The van der Waals surface area contributed by atoms with E-state index < -0.39 is 11.9 Å². The molecule has 1 heterocycles. The number of benzene rings is 3. The minimum atomic E-state index is -0.463. The Morgan fingerprint density at radius 1 is 0.971 bits per heavy atom. The number of hydrogen-bond donors (Lipinski definition) is 1. The molecule has 3 aromatic carbocycles. The van der Waals surface area contributed by atoms with Crippen molar-refractivity contribution < 1.29 is 23.8 Å². The zero-order valence-corrected chi connectivity index (χ0v) is 19.5. The summed E-state index contributed by atoms with van der Waals surface area (Å²) in [5.41, 5.74) is 3.89. The fraction of sp³-hybridized carbons (Fsp3) is 0.154. The van der Waals surface area contributed by atoms with Crippen LogP contribution in [0.3, 0.4) is 0 Å². The van der Waals surface area contributed by atoms with E-state index in [2.05, 4.69) is 14.6 Å². The number of anilines is 2. The smallest absolute Gasteiger partial charge is 0.343 e.